The Balaban J connectivity index is 2.97. The number of aromatic nitrogens is 1. The lowest BCUT2D eigenvalue weighted by Crippen LogP contribution is -1.83. The lowest BCUT2D eigenvalue weighted by atomic mass is 10.2. The Morgan fingerprint density at radius 2 is 2.08 bits per heavy atom. The number of hydrogen-bond acceptors (Lipinski definition) is 0. The van der Waals surface area contributed by atoms with Crippen LogP contribution in [0.4, 0.5) is 0 Å². The molecule has 0 saturated heterocycles. The van der Waals surface area contributed by atoms with Gasteiger partial charge < -0.3 is 0 Å². The molecule has 0 atom stereocenters. The number of para-hydroxylation sites is 1. The van der Waals surface area contributed by atoms with Gasteiger partial charge in [-0.25, -0.2) is 0 Å². The Kier molecular flexibility index (Phi) is 2.33. The molecule has 0 aliphatic carbocycles. The summed E-state index contributed by atoms with van der Waals surface area (Å²) in [7, 11) is 0. The van der Waals surface area contributed by atoms with E-state index >= 15 is 0 Å². The Hall–Kier alpha value is 0.220. The van der Waals surface area contributed by atoms with Crippen LogP contribution in [-0.4, -0.2) is 2.78 Å². The third-order valence-electron chi connectivity index (χ3n) is 1.89. The first-order valence-corrected chi connectivity index (χ1v) is 5.67. The van der Waals surface area contributed by atoms with Crippen molar-refractivity contribution in [2.24, 2.45) is 0 Å². The fourth-order valence-corrected chi connectivity index (χ4v) is 3.21. The van der Waals surface area contributed by atoms with Crippen LogP contribution in [0.25, 0.3) is 10.9 Å². The quantitative estimate of drug-likeness (QED) is 0.611. The third-order valence-corrected chi connectivity index (χ3v) is 4.00. The molecule has 0 radical (unpaired) electrons. The fourth-order valence-electron chi connectivity index (χ4n) is 1.31. The summed E-state index contributed by atoms with van der Waals surface area (Å²) in [5.41, 5.74) is 2.63. The minimum atomic E-state index is 1.30. The molecule has 2 rings (SSSR count). The van der Waals surface area contributed by atoms with Crippen LogP contribution in [0.2, 0.25) is 0 Å². The molecule has 62 valence electrons. The highest BCUT2D eigenvalue weighted by atomic mass is 127. The van der Waals surface area contributed by atoms with E-state index in [0.29, 0.717) is 0 Å². The maximum Gasteiger partial charge on any atom is 0.0713 e. The van der Waals surface area contributed by atoms with Crippen LogP contribution in [-0.2, 0) is 0 Å². The maximum atomic E-state index is 2.37. The van der Waals surface area contributed by atoms with Gasteiger partial charge in [-0.15, -0.1) is 0 Å². The molecular formula is C9H7I2N. The van der Waals surface area contributed by atoms with Gasteiger partial charge in [0.25, 0.3) is 0 Å². The monoisotopic (exact) mass is 383 g/mol. The molecule has 12 heavy (non-hydrogen) atoms. The average molecular weight is 383 g/mol. The highest BCUT2D eigenvalue weighted by molar-refractivity contribution is 14.1. The van der Waals surface area contributed by atoms with E-state index in [4.69, 9.17) is 0 Å². The lowest BCUT2D eigenvalue weighted by molar-refractivity contribution is 1.26. The second-order valence-corrected chi connectivity index (χ2v) is 4.87. The van der Waals surface area contributed by atoms with Gasteiger partial charge in [0.15, 0.2) is 0 Å². The molecule has 0 aliphatic rings. The smallest absolute Gasteiger partial charge is 0.0713 e. The minimum Gasteiger partial charge on any atom is -0.286 e. The zero-order valence-corrected chi connectivity index (χ0v) is 10.8. The number of fused-ring (bicyclic) bond motifs is 1. The van der Waals surface area contributed by atoms with Crippen molar-refractivity contribution < 1.29 is 0 Å². The molecule has 0 aliphatic heterocycles. The molecule has 0 saturated carbocycles. The molecule has 3 heteroatoms. The van der Waals surface area contributed by atoms with Gasteiger partial charge in [0, 0.05) is 14.7 Å². The van der Waals surface area contributed by atoms with Crippen molar-refractivity contribution in [3.8, 4) is 0 Å². The molecule has 0 fully saturated rings. The largest absolute Gasteiger partial charge is 0.286 e. The normalized spacial score (nSPS) is 10.9. The second-order valence-electron chi connectivity index (χ2n) is 2.74. The summed E-state index contributed by atoms with van der Waals surface area (Å²) >= 11 is 4.71. The Morgan fingerprint density at radius 1 is 1.33 bits per heavy atom. The highest BCUT2D eigenvalue weighted by Crippen LogP contribution is 2.25. The molecule has 2 aromatic rings. The lowest BCUT2D eigenvalue weighted by Gasteiger charge is -1.97. The van der Waals surface area contributed by atoms with Crippen LogP contribution in [0.5, 0.6) is 0 Å². The SMILES string of the molecule is Cc1cc2cccc(I)c2n1I. The molecular weight excluding hydrogens is 376 g/mol. The van der Waals surface area contributed by atoms with E-state index < -0.39 is 0 Å². The summed E-state index contributed by atoms with van der Waals surface area (Å²) < 4.78 is 3.52. The number of rotatable bonds is 0. The average Bonchev–Trinajstić information content (AvgIpc) is 2.29. The number of aryl methyl sites for hydroxylation is 1. The van der Waals surface area contributed by atoms with Gasteiger partial charge in [-0.1, -0.05) is 12.1 Å². The van der Waals surface area contributed by atoms with Crippen LogP contribution >= 0.6 is 45.5 Å². The summed E-state index contributed by atoms with van der Waals surface area (Å²) in [5, 5.41) is 1.33. The molecule has 0 N–H and O–H groups in total. The summed E-state index contributed by atoms with van der Waals surface area (Å²) in [6.07, 6.45) is 0. The van der Waals surface area contributed by atoms with E-state index in [0.717, 1.165) is 0 Å². The van der Waals surface area contributed by atoms with E-state index in [-0.39, 0.29) is 0 Å². The van der Waals surface area contributed by atoms with Crippen molar-refractivity contribution in [1.82, 2.24) is 2.78 Å². The topological polar surface area (TPSA) is 4.93 Å². The summed E-state index contributed by atoms with van der Waals surface area (Å²) in [4.78, 5) is 0. The number of hydrogen-bond donors (Lipinski definition) is 0. The number of benzene rings is 1. The van der Waals surface area contributed by atoms with E-state index in [1.165, 1.54) is 20.2 Å². The molecule has 0 amide bonds. The van der Waals surface area contributed by atoms with E-state index in [1.807, 2.05) is 0 Å². The first-order valence-electron chi connectivity index (χ1n) is 3.63. The zero-order chi connectivity index (χ0) is 8.72. The van der Waals surface area contributed by atoms with Crippen molar-refractivity contribution >= 4 is 56.4 Å². The van der Waals surface area contributed by atoms with Crippen molar-refractivity contribution in [3.63, 3.8) is 0 Å². The Morgan fingerprint density at radius 3 is 2.75 bits per heavy atom. The number of nitrogens with zero attached hydrogens (tertiary/aromatic N) is 1. The van der Waals surface area contributed by atoms with Crippen molar-refractivity contribution in [3.05, 3.63) is 33.5 Å². The predicted molar refractivity (Wildman–Crippen MR) is 68.8 cm³/mol. The third kappa shape index (κ3) is 1.26. The molecule has 1 aromatic heterocycles. The summed E-state index contributed by atoms with van der Waals surface area (Å²) in [6.45, 7) is 2.13. The van der Waals surface area contributed by atoms with Gasteiger partial charge in [0.1, 0.15) is 0 Å². The molecule has 1 nitrogen and oxygen atoms in total. The van der Waals surface area contributed by atoms with Crippen LogP contribution < -0.4 is 0 Å². The molecule has 0 bridgehead atoms. The second kappa shape index (κ2) is 3.17. The summed E-state index contributed by atoms with van der Waals surface area (Å²) in [5.74, 6) is 0. The minimum absolute atomic E-state index is 1.30. The standard InChI is InChI=1S/C9H7I2N/c1-6-5-7-3-2-4-8(10)9(7)12(6)11/h2-5H,1H3. The molecule has 1 aromatic carbocycles. The van der Waals surface area contributed by atoms with Crippen LogP contribution in [0.15, 0.2) is 24.3 Å². The van der Waals surface area contributed by atoms with E-state index in [2.05, 4.69) is 79.4 Å². The van der Waals surface area contributed by atoms with Crippen LogP contribution in [0.1, 0.15) is 5.69 Å². The van der Waals surface area contributed by atoms with Crippen molar-refractivity contribution in [2.45, 2.75) is 6.92 Å². The maximum absolute atomic E-state index is 2.37. The zero-order valence-electron chi connectivity index (χ0n) is 6.51. The van der Waals surface area contributed by atoms with Crippen molar-refractivity contribution in [1.29, 1.82) is 0 Å². The van der Waals surface area contributed by atoms with Crippen LogP contribution in [0, 0.1) is 10.5 Å². The Labute approximate surface area is 98.8 Å². The molecule has 0 spiro atoms. The fraction of sp³-hybridized carbons (Fsp3) is 0.111. The van der Waals surface area contributed by atoms with Gasteiger partial charge in [-0.3, -0.25) is 2.78 Å². The van der Waals surface area contributed by atoms with Gasteiger partial charge in [-0.05, 0) is 41.6 Å². The van der Waals surface area contributed by atoms with Crippen LogP contribution in [0.3, 0.4) is 0 Å². The van der Waals surface area contributed by atoms with Gasteiger partial charge in [0.05, 0.1) is 28.4 Å². The first-order chi connectivity index (χ1) is 5.70. The van der Waals surface area contributed by atoms with Gasteiger partial charge >= 0.3 is 0 Å². The van der Waals surface area contributed by atoms with Crippen molar-refractivity contribution in [2.75, 3.05) is 0 Å². The number of halogens is 2. The van der Waals surface area contributed by atoms with E-state index in [1.54, 1.807) is 0 Å². The summed E-state index contributed by atoms with van der Waals surface area (Å²) in [6, 6.07) is 8.60. The van der Waals surface area contributed by atoms with Gasteiger partial charge in [0.2, 0.25) is 0 Å². The van der Waals surface area contributed by atoms with E-state index in [9.17, 15) is 0 Å². The van der Waals surface area contributed by atoms with Gasteiger partial charge in [-0.2, -0.15) is 0 Å². The predicted octanol–water partition coefficient (Wildman–Crippen LogP) is 3.75. The highest BCUT2D eigenvalue weighted by Gasteiger charge is 2.05. The first kappa shape index (κ1) is 8.80. The Bertz CT molecular complexity index is 431. The molecule has 1 heterocycles. The molecule has 0 unspecified atom stereocenters.